The van der Waals surface area contributed by atoms with E-state index in [0.29, 0.717) is 24.2 Å². The Morgan fingerprint density at radius 1 is 1.24 bits per heavy atom. The lowest BCUT2D eigenvalue weighted by Crippen LogP contribution is -2.30. The van der Waals surface area contributed by atoms with Crippen LogP contribution in [0.25, 0.3) is 11.1 Å². The smallest absolute Gasteiger partial charge is 0.408 e. The Morgan fingerprint density at radius 3 is 2.79 bits per heavy atom. The third kappa shape index (κ3) is 4.02. The molecule has 150 valence electrons. The van der Waals surface area contributed by atoms with Crippen LogP contribution in [0.1, 0.15) is 24.2 Å². The molecule has 29 heavy (non-hydrogen) atoms. The summed E-state index contributed by atoms with van der Waals surface area (Å²) in [5.74, 6) is -0.506. The second-order valence-corrected chi connectivity index (χ2v) is 9.00. The Bertz CT molecular complexity index is 1280. The van der Waals surface area contributed by atoms with E-state index in [2.05, 4.69) is 9.71 Å². The summed E-state index contributed by atoms with van der Waals surface area (Å²) in [5.41, 5.74) is 2.46. The van der Waals surface area contributed by atoms with Crippen molar-refractivity contribution < 1.29 is 12.8 Å². The van der Waals surface area contributed by atoms with E-state index in [9.17, 15) is 13.2 Å². The van der Waals surface area contributed by atoms with E-state index in [0.717, 1.165) is 5.56 Å². The monoisotopic (exact) mass is 429 g/mol. The second kappa shape index (κ2) is 7.94. The number of oxazole rings is 1. The summed E-state index contributed by atoms with van der Waals surface area (Å²) >= 11 is 1.56. The van der Waals surface area contributed by atoms with E-state index < -0.39 is 21.8 Å². The van der Waals surface area contributed by atoms with Gasteiger partial charge in [0, 0.05) is 18.8 Å². The molecule has 3 heterocycles. The average molecular weight is 430 g/mol. The average Bonchev–Trinajstić information content (AvgIpc) is 3.33. The van der Waals surface area contributed by atoms with Crippen LogP contribution in [-0.2, 0) is 23.0 Å². The molecule has 4 aromatic rings. The highest BCUT2D eigenvalue weighted by atomic mass is 32.2. The zero-order chi connectivity index (χ0) is 20.4. The van der Waals surface area contributed by atoms with Crippen molar-refractivity contribution in [2.75, 3.05) is 0 Å². The van der Waals surface area contributed by atoms with Crippen LogP contribution in [0.5, 0.6) is 0 Å². The molecule has 0 unspecified atom stereocenters. The Kier molecular flexibility index (Phi) is 5.35. The van der Waals surface area contributed by atoms with Gasteiger partial charge in [0.2, 0.25) is 10.0 Å². The lowest BCUT2D eigenvalue weighted by atomic mass is 10.1. The van der Waals surface area contributed by atoms with Gasteiger partial charge in [0.15, 0.2) is 5.58 Å². The second-order valence-electron chi connectivity index (χ2n) is 6.51. The van der Waals surface area contributed by atoms with Crippen LogP contribution in [0.4, 0.5) is 0 Å². The minimum absolute atomic E-state index is 0.0354. The van der Waals surface area contributed by atoms with E-state index >= 15 is 0 Å². The fraction of sp³-hybridized carbons (Fsp3) is 0.200. The van der Waals surface area contributed by atoms with Crippen LogP contribution in [0.3, 0.4) is 0 Å². The van der Waals surface area contributed by atoms with Crippen molar-refractivity contribution in [3.05, 3.63) is 81.2 Å². The Labute approximate surface area is 171 Å². The highest BCUT2D eigenvalue weighted by Crippen LogP contribution is 2.23. The number of nitrogens with one attached hydrogen (secondary N) is 1. The highest BCUT2D eigenvalue weighted by molar-refractivity contribution is 7.89. The van der Waals surface area contributed by atoms with Crippen molar-refractivity contribution in [3.8, 4) is 0 Å². The van der Waals surface area contributed by atoms with Gasteiger partial charge in [0.05, 0.1) is 22.1 Å². The Hall–Kier alpha value is -2.75. The molecule has 0 aliphatic rings. The molecule has 7 nitrogen and oxygen atoms in total. The van der Waals surface area contributed by atoms with Crippen LogP contribution in [0.15, 0.2) is 73.5 Å². The Balaban J connectivity index is 1.69. The topological polar surface area (TPSA) is 94.2 Å². The van der Waals surface area contributed by atoms with Gasteiger partial charge in [0.1, 0.15) is 0 Å². The zero-order valence-electron chi connectivity index (χ0n) is 15.6. The van der Waals surface area contributed by atoms with E-state index in [-0.39, 0.29) is 10.5 Å². The first kappa shape index (κ1) is 19.6. The molecule has 0 aliphatic carbocycles. The maximum atomic E-state index is 13.1. The minimum Gasteiger partial charge on any atom is -0.408 e. The molecule has 1 atom stereocenters. The summed E-state index contributed by atoms with van der Waals surface area (Å²) in [6.07, 6.45) is 2.11. The van der Waals surface area contributed by atoms with Gasteiger partial charge in [-0.25, -0.2) is 17.9 Å². The standard InChI is InChI=1S/C20H19N3O4S2/c1-2-23-18-7-6-15(12-19(18)27-20(23)24)29(25,26)22-17(11-14-8-10-28-13-14)16-5-3-4-9-21-16/h3-10,12-13,17,22H,2,11H2,1H3/t17-/m0/s1. The third-order valence-electron chi connectivity index (χ3n) is 4.63. The largest absolute Gasteiger partial charge is 0.419 e. The predicted octanol–water partition coefficient (Wildman–Crippen LogP) is 3.33. The van der Waals surface area contributed by atoms with Gasteiger partial charge in [-0.1, -0.05) is 6.07 Å². The quantitative estimate of drug-likeness (QED) is 0.486. The lowest BCUT2D eigenvalue weighted by molar-refractivity contribution is 0.512. The molecule has 9 heteroatoms. The molecule has 0 amide bonds. The van der Waals surface area contributed by atoms with E-state index in [1.165, 1.54) is 16.7 Å². The van der Waals surface area contributed by atoms with Crippen molar-refractivity contribution in [1.82, 2.24) is 14.3 Å². The first-order valence-corrected chi connectivity index (χ1v) is 11.5. The van der Waals surface area contributed by atoms with Crippen molar-refractivity contribution in [3.63, 3.8) is 0 Å². The summed E-state index contributed by atoms with van der Waals surface area (Å²) in [4.78, 5) is 16.3. The van der Waals surface area contributed by atoms with Crippen molar-refractivity contribution >= 4 is 32.5 Å². The van der Waals surface area contributed by atoms with E-state index in [1.807, 2.05) is 29.8 Å². The molecule has 1 aromatic carbocycles. The van der Waals surface area contributed by atoms with Gasteiger partial charge in [-0.05, 0) is 60.0 Å². The van der Waals surface area contributed by atoms with E-state index in [1.54, 1.807) is 35.7 Å². The summed E-state index contributed by atoms with van der Waals surface area (Å²) in [6.45, 7) is 2.27. The fourth-order valence-corrected chi connectivity index (χ4v) is 5.11. The molecule has 1 N–H and O–H groups in total. The molecule has 3 aromatic heterocycles. The zero-order valence-corrected chi connectivity index (χ0v) is 17.2. The van der Waals surface area contributed by atoms with E-state index in [4.69, 9.17) is 4.42 Å². The number of sulfonamides is 1. The summed E-state index contributed by atoms with van der Waals surface area (Å²) in [6, 6.07) is 11.3. The first-order chi connectivity index (χ1) is 14.0. The van der Waals surface area contributed by atoms with Crippen LogP contribution in [0, 0.1) is 0 Å². The normalized spacial score (nSPS) is 13.0. The number of fused-ring (bicyclic) bond motifs is 1. The van der Waals surface area contributed by atoms with Crippen molar-refractivity contribution in [2.24, 2.45) is 0 Å². The predicted molar refractivity (Wildman–Crippen MR) is 111 cm³/mol. The fourth-order valence-electron chi connectivity index (χ4n) is 3.20. The molecule has 0 saturated carbocycles. The number of thiophene rings is 1. The number of aryl methyl sites for hydroxylation is 1. The molecule has 0 fully saturated rings. The van der Waals surface area contributed by atoms with Gasteiger partial charge >= 0.3 is 5.76 Å². The molecular weight excluding hydrogens is 410 g/mol. The van der Waals surface area contributed by atoms with Gasteiger partial charge in [-0.3, -0.25) is 9.55 Å². The number of rotatable bonds is 7. The number of hydrogen-bond donors (Lipinski definition) is 1. The van der Waals surface area contributed by atoms with Crippen LogP contribution < -0.4 is 10.5 Å². The van der Waals surface area contributed by atoms with Crippen LogP contribution in [-0.4, -0.2) is 18.0 Å². The molecule has 4 rings (SSSR count). The SMILES string of the molecule is CCn1c(=O)oc2cc(S(=O)(=O)N[C@@H](Cc3ccsc3)c3ccccn3)ccc21. The lowest BCUT2D eigenvalue weighted by Gasteiger charge is -2.18. The first-order valence-electron chi connectivity index (χ1n) is 9.05. The maximum Gasteiger partial charge on any atom is 0.419 e. The van der Waals surface area contributed by atoms with Crippen LogP contribution >= 0.6 is 11.3 Å². The number of nitrogens with zero attached hydrogens (tertiary/aromatic N) is 2. The van der Waals surface area contributed by atoms with Gasteiger partial charge in [0.25, 0.3) is 0 Å². The molecule has 0 aliphatic heterocycles. The molecule has 0 bridgehead atoms. The minimum atomic E-state index is -3.87. The van der Waals surface area contributed by atoms with Gasteiger partial charge in [-0.15, -0.1) is 0 Å². The number of pyridine rings is 1. The van der Waals surface area contributed by atoms with Crippen molar-refractivity contribution in [2.45, 2.75) is 30.8 Å². The maximum absolute atomic E-state index is 13.1. The molecule has 0 radical (unpaired) electrons. The Morgan fingerprint density at radius 2 is 2.10 bits per heavy atom. The molecule has 0 saturated heterocycles. The van der Waals surface area contributed by atoms with Gasteiger partial charge < -0.3 is 4.42 Å². The number of benzene rings is 1. The summed E-state index contributed by atoms with van der Waals surface area (Å²) in [7, 11) is -3.87. The summed E-state index contributed by atoms with van der Waals surface area (Å²) < 4.78 is 35.6. The van der Waals surface area contributed by atoms with Crippen molar-refractivity contribution in [1.29, 1.82) is 0 Å². The molecular formula is C20H19N3O4S2. The molecule has 0 spiro atoms. The number of aromatic nitrogens is 2. The number of hydrogen-bond acceptors (Lipinski definition) is 6. The summed E-state index contributed by atoms with van der Waals surface area (Å²) in [5, 5.41) is 3.94. The van der Waals surface area contributed by atoms with Crippen LogP contribution in [0.2, 0.25) is 0 Å². The highest BCUT2D eigenvalue weighted by Gasteiger charge is 2.24. The van der Waals surface area contributed by atoms with Gasteiger partial charge in [-0.2, -0.15) is 11.3 Å². The third-order valence-corrected chi connectivity index (χ3v) is 6.83.